The number of ketones is 4. The Kier molecular flexibility index (Phi) is 39.0. The maximum atomic E-state index is 15.1. The van der Waals surface area contributed by atoms with Gasteiger partial charge in [0.2, 0.25) is 47.3 Å². The number of nitrogens with one attached hydrogen (secondary N) is 9. The number of hydrogen-bond acceptors (Lipinski definition) is 19. The third-order valence-corrected chi connectivity index (χ3v) is 21.9. The molecule has 31 nitrogen and oxygen atoms in total. The third-order valence-electron chi connectivity index (χ3n) is 21.9. The number of Topliss-reactive ketones (excluding diaryl/α,β-unsaturated/α-hetero) is 4. The van der Waals surface area contributed by atoms with E-state index in [4.69, 9.17) is 22.3 Å². The summed E-state index contributed by atoms with van der Waals surface area (Å²) in [4.78, 5) is 197. The fraction of sp³-hybridized carbons (Fsp3) is 0.462. The van der Waals surface area contributed by atoms with E-state index in [2.05, 4.69) is 57.8 Å². The minimum absolute atomic E-state index is 0.0240. The Balaban J connectivity index is 0.906. The lowest BCUT2D eigenvalue weighted by atomic mass is 9.86. The monoisotopic (exact) mass is 1700 g/mol. The van der Waals surface area contributed by atoms with Crippen molar-refractivity contribution in [3.05, 3.63) is 197 Å². The van der Waals surface area contributed by atoms with Gasteiger partial charge in [0.15, 0.2) is 17.3 Å². The number of fused-ring (bicyclic) bond motifs is 2. The van der Waals surface area contributed by atoms with Gasteiger partial charge in [-0.3, -0.25) is 71.8 Å². The quantitative estimate of drug-likeness (QED) is 0.0190. The molecule has 0 radical (unpaired) electrons. The number of para-hydroxylation sites is 1. The molecule has 0 saturated carbocycles. The molecule has 0 aliphatic heterocycles. The molecule has 0 saturated heterocycles. The van der Waals surface area contributed by atoms with E-state index >= 15 is 4.79 Å². The molecule has 2 aromatic heterocycles. The van der Waals surface area contributed by atoms with Gasteiger partial charge in [-0.15, -0.1) is 5.10 Å². The van der Waals surface area contributed by atoms with Crippen molar-refractivity contribution >= 4 is 99.3 Å². The van der Waals surface area contributed by atoms with E-state index in [1.165, 1.54) is 4.68 Å². The minimum atomic E-state index is -1.34. The summed E-state index contributed by atoms with van der Waals surface area (Å²) in [7, 11) is 0. The van der Waals surface area contributed by atoms with Gasteiger partial charge in [0.05, 0.1) is 48.4 Å². The van der Waals surface area contributed by atoms with Gasteiger partial charge in [0.25, 0.3) is 0 Å². The molecular weight excluding hydrogens is 1580 g/mol. The van der Waals surface area contributed by atoms with Crippen LogP contribution in [0.3, 0.4) is 0 Å². The summed E-state index contributed by atoms with van der Waals surface area (Å²) in [5.41, 5.74) is 24.8. The number of carbonyl (C=O) groups excluding carboxylic acids is 12. The van der Waals surface area contributed by atoms with Crippen LogP contribution in [0.1, 0.15) is 170 Å². The Bertz CT molecular complexity index is 4770. The summed E-state index contributed by atoms with van der Waals surface area (Å²) in [6.07, 6.45) is 4.98. The van der Waals surface area contributed by atoms with E-state index in [1.54, 1.807) is 104 Å². The molecule has 0 fully saturated rings. The van der Waals surface area contributed by atoms with Crippen molar-refractivity contribution in [1.29, 1.82) is 0 Å². The number of aryl methyl sites for hydroxylation is 1. The van der Waals surface area contributed by atoms with Gasteiger partial charge >= 0.3 is 11.9 Å². The summed E-state index contributed by atoms with van der Waals surface area (Å²) >= 11 is 0. The highest BCUT2D eigenvalue weighted by Crippen LogP contribution is 2.29. The number of aliphatic carboxylic acids is 2. The van der Waals surface area contributed by atoms with Gasteiger partial charge in [-0.1, -0.05) is 191 Å². The standard InChI is InChI=1S/C93H121N15O16/c1-6-71(95)80(109)36-37-84(113)100-75(41-58(4)5)82(111)50-67(40-57(2)3)87(117)102-76(45-60-26-12-8-13-27-60)83(112)51-68(42-59-24-10-7-11-25-59)88(118)101-74(35-20-22-38-94)81(110)49-66(93(123)124)33-21-23-39-108-56-70(106-107-108)52-72(96)89(119)103-77(46-61-28-14-9-15-29-61)91(121)104-78(47-62-43-63-30-16-17-31-64(63)44-62)92(122)105-79(90(120)98-54-85(114)97-55-86(115)116)53-69-48-65-32-18-19-34-73(65)99-69/h7-19,24-32,34,43,48,56-58,66-68,71-72,74-79,99H,6,20-23,33,35-42,44-47,49-55,94-96H2,1-5H3,(H,97,114)(H,98,120)(H,100,113)(H,101,118)(H,102,117)(H,103,119)(H,104,121)(H,105,122)(H,115,116)(H,123,124)/t66-,67-,68-,71+,72+,74+,75+,76?,77+,78+,79+/m0/s1. The summed E-state index contributed by atoms with van der Waals surface area (Å²) in [6.45, 7) is 8.58. The Morgan fingerprint density at radius 1 is 0.476 bits per heavy atom. The smallest absolute Gasteiger partial charge is 0.322 e. The minimum Gasteiger partial charge on any atom is -0.481 e. The van der Waals surface area contributed by atoms with Crippen LogP contribution in [0, 0.1) is 29.6 Å². The molecule has 17 N–H and O–H groups in total. The van der Waals surface area contributed by atoms with Crippen molar-refractivity contribution in [2.24, 2.45) is 46.8 Å². The van der Waals surface area contributed by atoms with Crippen molar-refractivity contribution in [2.45, 2.75) is 224 Å². The van der Waals surface area contributed by atoms with Crippen molar-refractivity contribution in [2.75, 3.05) is 19.6 Å². The Morgan fingerprint density at radius 3 is 1.64 bits per heavy atom. The zero-order valence-electron chi connectivity index (χ0n) is 71.4. The number of carboxylic acid groups (broad SMARTS) is 2. The number of hydrogen-bond donors (Lipinski definition) is 14. The topological polar surface area (TPSA) is 500 Å². The number of H-pyrrole nitrogens is 1. The number of aromatic amines is 1. The lowest BCUT2D eigenvalue weighted by molar-refractivity contribution is -0.144. The molecule has 0 bridgehead atoms. The lowest BCUT2D eigenvalue weighted by Gasteiger charge is -2.27. The highest BCUT2D eigenvalue weighted by atomic mass is 16.4. The predicted octanol–water partition coefficient (Wildman–Crippen LogP) is 6.14. The van der Waals surface area contributed by atoms with Crippen LogP contribution in [0.2, 0.25) is 0 Å². The summed E-state index contributed by atoms with van der Waals surface area (Å²) in [5.74, 6) is -13.1. The molecule has 8 rings (SSSR count). The number of carboxylic acids is 2. The van der Waals surface area contributed by atoms with Gasteiger partial charge < -0.3 is 74.9 Å². The zero-order valence-corrected chi connectivity index (χ0v) is 71.4. The van der Waals surface area contributed by atoms with Crippen LogP contribution in [0.15, 0.2) is 157 Å². The number of amides is 8. The van der Waals surface area contributed by atoms with E-state index in [-0.39, 0.29) is 120 Å². The van der Waals surface area contributed by atoms with E-state index in [0.29, 0.717) is 66.6 Å². The molecule has 5 aromatic carbocycles. The average molecular weight is 1710 g/mol. The number of carbonyl (C=O) groups is 14. The van der Waals surface area contributed by atoms with E-state index < -0.39 is 163 Å². The number of benzene rings is 5. The first-order valence-electron chi connectivity index (χ1n) is 42.9. The summed E-state index contributed by atoms with van der Waals surface area (Å²) in [6, 6.07) is 34.3. The maximum absolute atomic E-state index is 15.1. The SMILES string of the molecule is CC[C@@H](N)C(=O)CCC(=O)N[C@H](CC(C)C)C(=O)C[C@H](CC(C)C)C(=O)NC(Cc1ccccc1)C(=O)C[C@H](Cc1ccccc1)C(=O)N[C@H](CCCCN)C(=O)C[C@H](CCCCn1cc(C[C@@H](N)C(=O)N[C@H](Cc2ccccc2)C(=O)N[C@H](CC2=Cc3ccccc3C2)C(=O)N[C@H](Cc2cc3ccccc3[nH]2)C(=O)NCC(=O)NCC(=O)O)nn1)C(=O)O. The largest absolute Gasteiger partial charge is 0.481 e. The first-order chi connectivity index (χ1) is 59.4. The molecule has 1 aliphatic rings. The van der Waals surface area contributed by atoms with Crippen LogP contribution >= 0.6 is 0 Å². The Morgan fingerprint density at radius 2 is 1.02 bits per heavy atom. The van der Waals surface area contributed by atoms with Crippen LogP contribution in [0.4, 0.5) is 0 Å². The first-order valence-corrected chi connectivity index (χ1v) is 42.9. The lowest BCUT2D eigenvalue weighted by Crippen LogP contribution is -2.59. The van der Waals surface area contributed by atoms with Crippen LogP contribution in [0.5, 0.6) is 0 Å². The second-order valence-corrected chi connectivity index (χ2v) is 33.1. The second kappa shape index (κ2) is 49.8. The molecule has 7 aromatic rings. The maximum Gasteiger partial charge on any atom is 0.322 e. The van der Waals surface area contributed by atoms with Crippen molar-refractivity contribution < 1.29 is 77.3 Å². The van der Waals surface area contributed by atoms with Crippen molar-refractivity contribution in [3.8, 4) is 0 Å². The average Bonchev–Trinajstić information content (AvgIpc) is 1.31. The summed E-state index contributed by atoms with van der Waals surface area (Å²) < 4.78 is 1.50. The van der Waals surface area contributed by atoms with Gasteiger partial charge in [-0.05, 0) is 141 Å². The number of nitrogens with two attached hydrogens (primary N) is 3. The fourth-order valence-electron chi connectivity index (χ4n) is 15.2. The number of unbranched alkanes of at least 4 members (excludes halogenated alkanes) is 2. The molecule has 1 aliphatic carbocycles. The third kappa shape index (κ3) is 32.5. The van der Waals surface area contributed by atoms with Crippen molar-refractivity contribution in [1.82, 2.24) is 62.5 Å². The number of aromatic nitrogens is 4. The van der Waals surface area contributed by atoms with E-state index in [0.717, 1.165) is 27.6 Å². The van der Waals surface area contributed by atoms with Crippen molar-refractivity contribution in [3.63, 3.8) is 0 Å². The predicted molar refractivity (Wildman–Crippen MR) is 467 cm³/mol. The van der Waals surface area contributed by atoms with Gasteiger partial charge in [0, 0.05) is 87.2 Å². The summed E-state index contributed by atoms with van der Waals surface area (Å²) in [5, 5.41) is 50.9. The molecule has 124 heavy (non-hydrogen) atoms. The number of nitrogens with zero attached hydrogens (tertiary/aromatic N) is 3. The van der Waals surface area contributed by atoms with Gasteiger partial charge in [0.1, 0.15) is 30.5 Å². The highest BCUT2D eigenvalue weighted by molar-refractivity contribution is 5.99. The highest BCUT2D eigenvalue weighted by Gasteiger charge is 2.38. The molecular formula is C93H121N15O16. The van der Waals surface area contributed by atoms with Crippen LogP contribution < -0.4 is 59.7 Å². The second-order valence-electron chi connectivity index (χ2n) is 33.1. The molecule has 8 amide bonds. The van der Waals surface area contributed by atoms with E-state index in [9.17, 15) is 67.4 Å². The zero-order chi connectivity index (χ0) is 89.8. The van der Waals surface area contributed by atoms with Gasteiger partial charge in [-0.25, -0.2) is 0 Å². The molecule has 664 valence electrons. The molecule has 2 heterocycles. The molecule has 11 atom stereocenters. The Hall–Kier alpha value is -12.2. The van der Waals surface area contributed by atoms with Crippen LogP contribution in [0.25, 0.3) is 17.0 Å². The van der Waals surface area contributed by atoms with E-state index in [1.807, 2.05) is 88.4 Å². The first kappa shape index (κ1) is 97.2. The Labute approximate surface area is 723 Å². The fourth-order valence-corrected chi connectivity index (χ4v) is 15.2. The normalized spacial score (nSPS) is 14.4. The number of rotatable bonds is 56. The van der Waals surface area contributed by atoms with Crippen LogP contribution in [-0.4, -0.2) is 180 Å². The van der Waals surface area contributed by atoms with Crippen LogP contribution in [-0.2, 0) is 112 Å². The molecule has 31 heteroatoms. The molecule has 0 spiro atoms. The van der Waals surface area contributed by atoms with Gasteiger partial charge in [-0.2, -0.15) is 0 Å². The molecule has 1 unspecified atom stereocenters.